The summed E-state index contributed by atoms with van der Waals surface area (Å²) in [4.78, 5) is 28.6. The Morgan fingerprint density at radius 3 is 2.42 bits per heavy atom. The third-order valence-electron chi connectivity index (χ3n) is 11.0. The van der Waals surface area contributed by atoms with Gasteiger partial charge in [-0.15, -0.1) is 60.3 Å². The summed E-state index contributed by atoms with van der Waals surface area (Å²) in [7, 11) is 0. The number of carbonyl (C=O) groups excluding carboxylic acids is 1. The quantitative estimate of drug-likeness (QED) is 0.127. The first kappa shape index (κ1) is 35.2. The molecule has 8 aromatic rings. The second-order valence-electron chi connectivity index (χ2n) is 15.6. The predicted molar refractivity (Wildman–Crippen MR) is 217 cm³/mol. The second kappa shape index (κ2) is 13.3. The van der Waals surface area contributed by atoms with Crippen molar-refractivity contribution in [2.24, 2.45) is 0 Å². The van der Waals surface area contributed by atoms with Crippen LogP contribution in [0.3, 0.4) is 0 Å². The summed E-state index contributed by atoms with van der Waals surface area (Å²) in [5.74, 6) is 1.82. The number of fused-ring (bicyclic) bond motifs is 7. The number of nitrogens with zero attached hydrogens (tertiary/aromatic N) is 6. The molecule has 0 spiro atoms. The zero-order chi connectivity index (χ0) is 36.7. The maximum absolute atomic E-state index is 14.4. The van der Waals surface area contributed by atoms with Gasteiger partial charge in [-0.1, -0.05) is 67.7 Å². The van der Waals surface area contributed by atoms with Crippen molar-refractivity contribution in [1.82, 2.24) is 19.1 Å². The summed E-state index contributed by atoms with van der Waals surface area (Å²) < 4.78 is 4.51. The van der Waals surface area contributed by atoms with Crippen LogP contribution in [0.1, 0.15) is 66.5 Å². The molecule has 276 valence electrons. The zero-order valence-corrected chi connectivity index (χ0v) is 33.5. The first-order valence-electron chi connectivity index (χ1n) is 18.7. The van der Waals surface area contributed by atoms with Crippen LogP contribution >= 0.6 is 0 Å². The smallest absolute Gasteiger partial charge is 0.136 e. The van der Waals surface area contributed by atoms with E-state index in [2.05, 4.69) is 126 Å². The number of carbonyl (C=O) groups is 1. The Morgan fingerprint density at radius 1 is 0.782 bits per heavy atom. The van der Waals surface area contributed by atoms with Crippen LogP contribution in [0.25, 0.3) is 38.7 Å². The summed E-state index contributed by atoms with van der Waals surface area (Å²) in [6.07, 6.45) is 5.20. The monoisotopic (exact) mass is 898 g/mol. The van der Waals surface area contributed by atoms with Gasteiger partial charge < -0.3 is 23.7 Å². The van der Waals surface area contributed by atoms with Crippen molar-refractivity contribution in [3.8, 4) is 5.82 Å². The fourth-order valence-electron chi connectivity index (χ4n) is 8.07. The topological polar surface area (TPSA) is 59.2 Å². The van der Waals surface area contributed by atoms with Gasteiger partial charge in [0, 0.05) is 62.8 Å². The zero-order valence-electron chi connectivity index (χ0n) is 31.2. The summed E-state index contributed by atoms with van der Waals surface area (Å²) in [6.45, 7) is 11.8. The molecule has 55 heavy (non-hydrogen) atoms. The summed E-state index contributed by atoms with van der Waals surface area (Å²) in [5, 5.41) is 2.11. The van der Waals surface area contributed by atoms with Crippen LogP contribution in [-0.2, 0) is 39.4 Å². The van der Waals surface area contributed by atoms with Crippen LogP contribution in [0.4, 0.5) is 22.7 Å². The van der Waals surface area contributed by atoms with E-state index in [9.17, 15) is 4.79 Å². The van der Waals surface area contributed by atoms with Gasteiger partial charge in [0.05, 0.1) is 16.8 Å². The molecule has 7 nitrogen and oxygen atoms in total. The number of hydrogen-bond donors (Lipinski definition) is 0. The van der Waals surface area contributed by atoms with Crippen LogP contribution in [0, 0.1) is 25.7 Å². The van der Waals surface area contributed by atoms with Gasteiger partial charge in [0.25, 0.3) is 0 Å². The van der Waals surface area contributed by atoms with E-state index in [1.807, 2.05) is 48.7 Å². The Kier molecular flexibility index (Phi) is 8.54. The molecule has 8 heteroatoms. The average Bonchev–Trinajstić information content (AvgIpc) is 3.86. The molecule has 0 unspecified atom stereocenters. The number of aromatic nitrogens is 4. The van der Waals surface area contributed by atoms with Crippen molar-refractivity contribution < 1.29 is 25.9 Å². The van der Waals surface area contributed by atoms with E-state index in [1.165, 1.54) is 24.0 Å². The van der Waals surface area contributed by atoms with Gasteiger partial charge in [-0.25, -0.2) is 9.97 Å². The molecule has 0 N–H and O–H groups in total. The van der Waals surface area contributed by atoms with Crippen LogP contribution in [0.5, 0.6) is 0 Å². The van der Waals surface area contributed by atoms with Crippen LogP contribution in [0.15, 0.2) is 109 Å². The molecule has 2 aliphatic heterocycles. The Labute approximate surface area is 335 Å². The van der Waals surface area contributed by atoms with Gasteiger partial charge in [-0.05, 0) is 84.1 Å². The summed E-state index contributed by atoms with van der Waals surface area (Å²) in [5.41, 5.74) is 11.2. The van der Waals surface area contributed by atoms with E-state index in [0.717, 1.165) is 80.2 Å². The number of imidazole rings is 1. The maximum atomic E-state index is 14.4. The van der Waals surface area contributed by atoms with Crippen molar-refractivity contribution >= 4 is 61.4 Å². The molecule has 2 aliphatic rings. The fourth-order valence-corrected chi connectivity index (χ4v) is 8.07. The molecule has 5 heterocycles. The Balaban J connectivity index is 0.00000397. The minimum atomic E-state index is -0.140. The van der Waals surface area contributed by atoms with E-state index in [-0.39, 0.29) is 32.3 Å². The Morgan fingerprint density at radius 2 is 1.58 bits per heavy atom. The average molecular weight is 899 g/mol. The van der Waals surface area contributed by atoms with E-state index in [0.29, 0.717) is 11.1 Å². The largest absolute Gasteiger partial charge is 0.488 e. The number of rotatable bonds is 5. The molecule has 0 saturated carbocycles. The standard InChI is InChI=1S/C47H39N6O.Pt/c1-30-15-18-34(19-16-30)51-29-52(42-27-38-41(28-43(42)51)50-23-8-7-14-44(50)49-38)35-11-9-10-31(24-35)46(54)32-17-20-37-36-12-5-6-13-39(36)53(40(37)25-32)45-26-33(21-22-48-45)47(2,3)4;/h5-6,9-13,15-22,26-29H,7-8,14,23H2,1-4H3;/q-3;. The number of anilines is 4. The summed E-state index contributed by atoms with van der Waals surface area (Å²) in [6, 6.07) is 42.3. The van der Waals surface area contributed by atoms with E-state index >= 15 is 0 Å². The van der Waals surface area contributed by atoms with Crippen LogP contribution < -0.4 is 9.80 Å². The van der Waals surface area contributed by atoms with Gasteiger partial charge in [0.2, 0.25) is 0 Å². The molecule has 0 aliphatic carbocycles. The van der Waals surface area contributed by atoms with E-state index in [4.69, 9.17) is 9.97 Å². The SMILES string of the molecule is Cc1ccc(N2[CH-]N(c3[c-]c(C(=O)c4[c-]c5c(cc4)c4ccccc4n5-c4cc(C(C)(C)C)ccn4)ccc3)c3cc4nc5n(c4cc32)CCCC5)cc1.[Pt]. The van der Waals surface area contributed by atoms with Crippen molar-refractivity contribution in [2.45, 2.75) is 58.9 Å². The van der Waals surface area contributed by atoms with E-state index < -0.39 is 0 Å². The molecule has 0 bridgehead atoms. The number of aryl methyl sites for hydroxylation is 3. The number of pyridine rings is 1. The predicted octanol–water partition coefficient (Wildman–Crippen LogP) is 10.7. The maximum Gasteiger partial charge on any atom is 0.136 e. The molecule has 3 aromatic heterocycles. The van der Waals surface area contributed by atoms with Crippen LogP contribution in [0.2, 0.25) is 0 Å². The minimum Gasteiger partial charge on any atom is -0.488 e. The van der Waals surface area contributed by atoms with Gasteiger partial charge in [-0.3, -0.25) is 0 Å². The number of ketones is 1. The molecule has 0 radical (unpaired) electrons. The first-order chi connectivity index (χ1) is 26.2. The van der Waals surface area contributed by atoms with Gasteiger partial charge >= 0.3 is 0 Å². The van der Waals surface area contributed by atoms with Gasteiger partial charge in [0.15, 0.2) is 0 Å². The molecular weight excluding hydrogens is 860 g/mol. The first-order valence-corrected chi connectivity index (χ1v) is 18.7. The molecule has 0 saturated heterocycles. The molecule has 0 fully saturated rings. The normalized spacial score (nSPS) is 14.0. The van der Waals surface area contributed by atoms with Gasteiger partial charge in [-0.2, -0.15) is 0 Å². The van der Waals surface area contributed by atoms with Gasteiger partial charge in [0.1, 0.15) is 11.6 Å². The van der Waals surface area contributed by atoms with Crippen molar-refractivity contribution in [3.63, 3.8) is 0 Å². The Bertz CT molecular complexity index is 2790. The third-order valence-corrected chi connectivity index (χ3v) is 11.0. The molecule has 0 atom stereocenters. The van der Waals surface area contributed by atoms with Crippen molar-refractivity contribution in [3.05, 3.63) is 156 Å². The molecular formula is C47H39N6OPt-3. The minimum absolute atomic E-state index is 0. The van der Waals surface area contributed by atoms with E-state index in [1.54, 1.807) is 0 Å². The molecule has 5 aromatic carbocycles. The molecule has 10 rings (SSSR count). The van der Waals surface area contributed by atoms with Crippen LogP contribution in [-0.4, -0.2) is 24.9 Å². The van der Waals surface area contributed by atoms with Crippen molar-refractivity contribution in [1.29, 1.82) is 0 Å². The number of benzene rings is 5. The number of para-hydroxylation sites is 1. The van der Waals surface area contributed by atoms with Crippen molar-refractivity contribution in [2.75, 3.05) is 9.80 Å². The fraction of sp³-hybridized carbons (Fsp3) is 0.191. The number of hydrogen-bond acceptors (Lipinski definition) is 5. The summed E-state index contributed by atoms with van der Waals surface area (Å²) >= 11 is 0. The second-order valence-corrected chi connectivity index (χ2v) is 15.6. The Hall–Kier alpha value is -5.52. The molecule has 0 amide bonds. The third kappa shape index (κ3) is 5.88.